The van der Waals surface area contributed by atoms with Crippen molar-refractivity contribution in [2.75, 3.05) is 11.4 Å². The highest BCUT2D eigenvalue weighted by molar-refractivity contribution is 5.99. The minimum absolute atomic E-state index is 0.220. The average Bonchev–Trinajstić information content (AvgIpc) is 2.92. The number of para-hydroxylation sites is 1. The van der Waals surface area contributed by atoms with Gasteiger partial charge in [-0.05, 0) is 43.4 Å². The Morgan fingerprint density at radius 2 is 1.72 bits per heavy atom. The highest BCUT2D eigenvalue weighted by atomic mass is 16.5. The van der Waals surface area contributed by atoms with Gasteiger partial charge in [0.2, 0.25) is 5.72 Å². The minimum atomic E-state index is -0.611. The van der Waals surface area contributed by atoms with E-state index in [1.807, 2.05) is 0 Å². The normalized spacial score (nSPS) is 21.3. The van der Waals surface area contributed by atoms with E-state index in [9.17, 15) is 0 Å². The van der Waals surface area contributed by atoms with E-state index in [0.29, 0.717) is 0 Å². The number of rotatable bonds is 4. The molecule has 0 saturated heterocycles. The molecule has 2 aliphatic rings. The van der Waals surface area contributed by atoms with Gasteiger partial charge in [-0.25, -0.2) is 0 Å². The maximum Gasteiger partial charge on any atom is 0.228 e. The van der Waals surface area contributed by atoms with Gasteiger partial charge >= 0.3 is 0 Å². The van der Waals surface area contributed by atoms with E-state index >= 15 is 0 Å². The molecule has 29 heavy (non-hydrogen) atoms. The lowest BCUT2D eigenvalue weighted by Gasteiger charge is -2.46. The number of hydrogen-bond acceptors (Lipinski definition) is 3. The minimum Gasteiger partial charge on any atom is -0.459 e. The molecule has 0 amide bonds. The van der Waals surface area contributed by atoms with Crippen LogP contribution in [0.4, 0.5) is 11.4 Å². The molecule has 0 saturated carbocycles. The van der Waals surface area contributed by atoms with Gasteiger partial charge in [-0.15, -0.1) is 0 Å². The van der Waals surface area contributed by atoms with Crippen molar-refractivity contribution < 1.29 is 4.74 Å². The maximum absolute atomic E-state index is 6.91. The molecule has 2 aliphatic heterocycles. The summed E-state index contributed by atoms with van der Waals surface area (Å²) in [5.41, 5.74) is 2.70. The molecule has 0 aliphatic carbocycles. The van der Waals surface area contributed by atoms with Crippen LogP contribution in [0.15, 0.2) is 65.7 Å². The average molecular weight is 385 g/mol. The number of hydrogen-bond donors (Lipinski definition) is 0. The number of anilines is 1. The molecular formula is C26H28N2O. The summed E-state index contributed by atoms with van der Waals surface area (Å²) in [6, 6.07) is 21.3. The number of ether oxygens (including phenoxy) is 1. The first-order valence-electron chi connectivity index (χ1n) is 10.7. The van der Waals surface area contributed by atoms with Gasteiger partial charge < -0.3 is 9.64 Å². The van der Waals surface area contributed by atoms with Crippen LogP contribution < -0.4 is 9.64 Å². The predicted octanol–water partition coefficient (Wildman–Crippen LogP) is 6.62. The van der Waals surface area contributed by atoms with E-state index in [1.54, 1.807) is 0 Å². The molecule has 148 valence electrons. The number of unbranched alkanes of at least 4 members (excludes halogenated alkanes) is 2. The number of aliphatic imine (C=N–C) groups is 1. The van der Waals surface area contributed by atoms with Crippen molar-refractivity contribution in [2.45, 2.75) is 51.2 Å². The van der Waals surface area contributed by atoms with E-state index in [2.05, 4.69) is 92.5 Å². The second-order valence-electron chi connectivity index (χ2n) is 8.69. The van der Waals surface area contributed by atoms with E-state index in [-0.39, 0.29) is 5.41 Å². The quantitative estimate of drug-likeness (QED) is 0.472. The third kappa shape index (κ3) is 2.53. The first-order chi connectivity index (χ1) is 14.1. The van der Waals surface area contributed by atoms with Crippen molar-refractivity contribution in [3.05, 3.63) is 66.2 Å². The second kappa shape index (κ2) is 6.62. The fourth-order valence-electron chi connectivity index (χ4n) is 4.96. The monoisotopic (exact) mass is 384 g/mol. The van der Waals surface area contributed by atoms with Crippen LogP contribution in [-0.2, 0) is 5.41 Å². The summed E-state index contributed by atoms with van der Waals surface area (Å²) in [7, 11) is 0. The predicted molar refractivity (Wildman–Crippen MR) is 122 cm³/mol. The standard InChI is InChI=1S/C26H28N2O/c1-4-5-10-17-28-22-14-9-8-13-21(22)25(2,3)26(28)18-27-24-20-12-7-6-11-19(20)15-16-23(24)29-26/h6-9,11-16,18H,4-5,10,17H2,1-3H3. The van der Waals surface area contributed by atoms with Gasteiger partial charge in [0.05, 0.1) is 11.6 Å². The SMILES string of the molecule is CCCCCN1c2ccccc2C(C)(C)C12C=Nc1c(ccc3ccccc13)O2. The van der Waals surface area contributed by atoms with Crippen LogP contribution in [0.3, 0.4) is 0 Å². The third-order valence-electron chi connectivity index (χ3n) is 6.65. The number of benzene rings is 3. The smallest absolute Gasteiger partial charge is 0.228 e. The second-order valence-corrected chi connectivity index (χ2v) is 8.69. The van der Waals surface area contributed by atoms with Crippen LogP contribution in [0.5, 0.6) is 5.75 Å². The molecule has 1 atom stereocenters. The van der Waals surface area contributed by atoms with Gasteiger partial charge in [-0.3, -0.25) is 4.99 Å². The molecule has 0 radical (unpaired) electrons. The third-order valence-corrected chi connectivity index (χ3v) is 6.65. The summed E-state index contributed by atoms with van der Waals surface area (Å²) in [5, 5.41) is 2.33. The molecule has 1 unspecified atom stereocenters. The zero-order valence-corrected chi connectivity index (χ0v) is 17.5. The van der Waals surface area contributed by atoms with Crippen molar-refractivity contribution in [1.82, 2.24) is 0 Å². The lowest BCUT2D eigenvalue weighted by molar-refractivity contribution is 0.0775. The largest absolute Gasteiger partial charge is 0.459 e. The summed E-state index contributed by atoms with van der Waals surface area (Å²) in [6.07, 6.45) is 5.63. The first-order valence-corrected chi connectivity index (χ1v) is 10.7. The molecule has 3 aromatic carbocycles. The summed E-state index contributed by atoms with van der Waals surface area (Å²) < 4.78 is 6.91. The highest BCUT2D eigenvalue weighted by Crippen LogP contribution is 2.54. The molecule has 0 N–H and O–H groups in total. The van der Waals surface area contributed by atoms with Crippen LogP contribution >= 0.6 is 0 Å². The van der Waals surface area contributed by atoms with Crippen molar-refractivity contribution in [2.24, 2.45) is 4.99 Å². The van der Waals surface area contributed by atoms with Crippen molar-refractivity contribution in [3.8, 4) is 5.75 Å². The molecule has 0 fully saturated rings. The van der Waals surface area contributed by atoms with Crippen molar-refractivity contribution in [3.63, 3.8) is 0 Å². The van der Waals surface area contributed by atoms with Gasteiger partial charge in [0.25, 0.3) is 0 Å². The molecule has 0 bridgehead atoms. The Morgan fingerprint density at radius 1 is 0.931 bits per heavy atom. The van der Waals surface area contributed by atoms with Crippen LogP contribution in [-0.4, -0.2) is 18.5 Å². The van der Waals surface area contributed by atoms with Gasteiger partial charge in [-0.1, -0.05) is 68.3 Å². The lowest BCUT2D eigenvalue weighted by Crippen LogP contribution is -2.62. The Labute approximate surface area is 173 Å². The van der Waals surface area contributed by atoms with E-state index < -0.39 is 5.72 Å². The fourth-order valence-corrected chi connectivity index (χ4v) is 4.96. The highest BCUT2D eigenvalue weighted by Gasteiger charge is 2.59. The number of fused-ring (bicyclic) bond motifs is 4. The molecule has 3 aromatic rings. The van der Waals surface area contributed by atoms with Gasteiger partial charge in [0, 0.05) is 17.6 Å². The van der Waals surface area contributed by atoms with Crippen molar-refractivity contribution >= 4 is 28.4 Å². The molecule has 3 heteroatoms. The van der Waals surface area contributed by atoms with Crippen LogP contribution in [0.1, 0.15) is 45.6 Å². The molecule has 0 aromatic heterocycles. The van der Waals surface area contributed by atoms with Gasteiger partial charge in [0.15, 0.2) is 0 Å². The summed E-state index contributed by atoms with van der Waals surface area (Å²) in [5.74, 6) is 0.868. The Bertz CT molecular complexity index is 1100. The zero-order valence-electron chi connectivity index (χ0n) is 17.5. The molecule has 2 heterocycles. The Hall–Kier alpha value is -2.81. The number of nitrogens with zero attached hydrogens (tertiary/aromatic N) is 2. The topological polar surface area (TPSA) is 24.8 Å². The molecule has 5 rings (SSSR count). The first kappa shape index (κ1) is 18.2. The molecule has 3 nitrogen and oxygen atoms in total. The molecule has 1 spiro atoms. The van der Waals surface area contributed by atoms with Gasteiger partial charge in [0.1, 0.15) is 11.4 Å². The summed E-state index contributed by atoms with van der Waals surface area (Å²) in [6.45, 7) is 7.77. The summed E-state index contributed by atoms with van der Waals surface area (Å²) in [4.78, 5) is 7.47. The Balaban J connectivity index is 1.65. The molecular weight excluding hydrogens is 356 g/mol. The van der Waals surface area contributed by atoms with E-state index in [0.717, 1.165) is 29.8 Å². The zero-order chi connectivity index (χ0) is 20.1. The summed E-state index contributed by atoms with van der Waals surface area (Å²) >= 11 is 0. The van der Waals surface area contributed by atoms with Crippen LogP contribution in [0.25, 0.3) is 10.8 Å². The maximum atomic E-state index is 6.91. The van der Waals surface area contributed by atoms with Gasteiger partial charge in [-0.2, -0.15) is 0 Å². The van der Waals surface area contributed by atoms with Crippen molar-refractivity contribution in [1.29, 1.82) is 0 Å². The Morgan fingerprint density at radius 3 is 2.59 bits per heavy atom. The Kier molecular flexibility index (Phi) is 4.16. The van der Waals surface area contributed by atoms with Crippen LogP contribution in [0.2, 0.25) is 0 Å². The van der Waals surface area contributed by atoms with E-state index in [4.69, 9.17) is 9.73 Å². The lowest BCUT2D eigenvalue weighted by atomic mass is 9.77. The van der Waals surface area contributed by atoms with Crippen LogP contribution in [0, 0.1) is 0 Å². The van der Waals surface area contributed by atoms with E-state index in [1.165, 1.54) is 29.5 Å². The fraction of sp³-hybridized carbons (Fsp3) is 0.346.